The molecule has 0 saturated heterocycles. The van der Waals surface area contributed by atoms with E-state index in [1.807, 2.05) is 30.3 Å². The van der Waals surface area contributed by atoms with Crippen LogP contribution >= 0.6 is 0 Å². The lowest BCUT2D eigenvalue weighted by Gasteiger charge is -2.17. The van der Waals surface area contributed by atoms with Gasteiger partial charge in [-0.1, -0.05) is 37.3 Å². The Morgan fingerprint density at radius 1 is 1.15 bits per heavy atom. The average Bonchev–Trinajstić information content (AvgIpc) is 2.46. The predicted octanol–water partition coefficient (Wildman–Crippen LogP) is 3.64. The molecule has 2 aromatic rings. The molecule has 0 radical (unpaired) electrons. The summed E-state index contributed by atoms with van der Waals surface area (Å²) >= 11 is 0. The molecule has 0 heterocycles. The lowest BCUT2D eigenvalue weighted by Crippen LogP contribution is -2.18. The van der Waals surface area contributed by atoms with Gasteiger partial charge in [-0.2, -0.15) is 0 Å². The molecular weight excluding hydrogens is 250 g/mol. The Morgan fingerprint density at radius 3 is 2.70 bits per heavy atom. The lowest BCUT2D eigenvalue weighted by molar-refractivity contribution is 0.299. The zero-order valence-electron chi connectivity index (χ0n) is 12.0. The first kappa shape index (κ1) is 14.4. The van der Waals surface area contributed by atoms with Crippen molar-refractivity contribution in [3.8, 4) is 11.5 Å². The first-order valence-electron chi connectivity index (χ1n) is 6.93. The van der Waals surface area contributed by atoms with Crippen LogP contribution in [0.2, 0.25) is 0 Å². The quantitative estimate of drug-likeness (QED) is 0.842. The molecular formula is C17H21NO2. The van der Waals surface area contributed by atoms with Crippen molar-refractivity contribution >= 4 is 0 Å². The molecule has 1 atom stereocenters. The van der Waals surface area contributed by atoms with Crippen LogP contribution in [-0.2, 0) is 6.61 Å². The van der Waals surface area contributed by atoms with Gasteiger partial charge < -0.3 is 15.2 Å². The van der Waals surface area contributed by atoms with Crippen molar-refractivity contribution in [1.29, 1.82) is 0 Å². The van der Waals surface area contributed by atoms with Crippen LogP contribution < -0.4 is 10.1 Å². The number of hydrogen-bond donors (Lipinski definition) is 2. The summed E-state index contributed by atoms with van der Waals surface area (Å²) in [6.07, 6.45) is 0. The minimum Gasteiger partial charge on any atom is -0.508 e. The number of para-hydroxylation sites is 1. The summed E-state index contributed by atoms with van der Waals surface area (Å²) in [5, 5.41) is 12.8. The lowest BCUT2D eigenvalue weighted by atomic mass is 10.1. The second-order valence-corrected chi connectivity index (χ2v) is 4.78. The molecule has 0 aliphatic heterocycles. The number of rotatable bonds is 6. The highest BCUT2D eigenvalue weighted by atomic mass is 16.5. The van der Waals surface area contributed by atoms with Crippen molar-refractivity contribution in [2.24, 2.45) is 0 Å². The van der Waals surface area contributed by atoms with Crippen molar-refractivity contribution in [2.75, 3.05) is 6.54 Å². The SMILES string of the molecule is CCNC(C)c1ccccc1OCc1cccc(O)c1. The van der Waals surface area contributed by atoms with E-state index in [4.69, 9.17) is 4.74 Å². The van der Waals surface area contributed by atoms with Gasteiger partial charge >= 0.3 is 0 Å². The van der Waals surface area contributed by atoms with Crippen LogP contribution in [0.25, 0.3) is 0 Å². The van der Waals surface area contributed by atoms with Gasteiger partial charge in [0.15, 0.2) is 0 Å². The third kappa shape index (κ3) is 3.75. The highest BCUT2D eigenvalue weighted by molar-refractivity contribution is 5.36. The van der Waals surface area contributed by atoms with Gasteiger partial charge in [-0.25, -0.2) is 0 Å². The Labute approximate surface area is 120 Å². The van der Waals surface area contributed by atoms with E-state index in [-0.39, 0.29) is 11.8 Å². The summed E-state index contributed by atoms with van der Waals surface area (Å²) < 4.78 is 5.89. The third-order valence-corrected chi connectivity index (χ3v) is 3.20. The van der Waals surface area contributed by atoms with Gasteiger partial charge in [0.25, 0.3) is 0 Å². The molecule has 0 aromatic heterocycles. The molecule has 106 valence electrons. The topological polar surface area (TPSA) is 41.5 Å². The monoisotopic (exact) mass is 271 g/mol. The summed E-state index contributed by atoms with van der Waals surface area (Å²) in [7, 11) is 0. The van der Waals surface area contributed by atoms with Crippen LogP contribution in [0.1, 0.15) is 31.0 Å². The Hall–Kier alpha value is -2.00. The average molecular weight is 271 g/mol. The van der Waals surface area contributed by atoms with E-state index in [0.717, 1.165) is 23.4 Å². The molecule has 3 heteroatoms. The van der Waals surface area contributed by atoms with Gasteiger partial charge in [0.1, 0.15) is 18.1 Å². The van der Waals surface area contributed by atoms with E-state index in [9.17, 15) is 5.11 Å². The largest absolute Gasteiger partial charge is 0.508 e. The molecule has 0 saturated carbocycles. The fourth-order valence-corrected chi connectivity index (χ4v) is 2.19. The first-order valence-corrected chi connectivity index (χ1v) is 6.93. The van der Waals surface area contributed by atoms with Gasteiger partial charge in [-0.3, -0.25) is 0 Å². The molecule has 2 aromatic carbocycles. The van der Waals surface area contributed by atoms with Gasteiger partial charge in [0.2, 0.25) is 0 Å². The molecule has 1 unspecified atom stereocenters. The number of hydrogen-bond acceptors (Lipinski definition) is 3. The minimum absolute atomic E-state index is 0.250. The minimum atomic E-state index is 0.250. The molecule has 2 rings (SSSR count). The van der Waals surface area contributed by atoms with Gasteiger partial charge in [-0.15, -0.1) is 0 Å². The number of ether oxygens (including phenoxy) is 1. The molecule has 3 nitrogen and oxygen atoms in total. The molecule has 0 aliphatic rings. The van der Waals surface area contributed by atoms with Crippen molar-refractivity contribution in [3.05, 3.63) is 59.7 Å². The van der Waals surface area contributed by atoms with Crippen LogP contribution in [0.3, 0.4) is 0 Å². The molecule has 20 heavy (non-hydrogen) atoms. The fraction of sp³-hybridized carbons (Fsp3) is 0.294. The van der Waals surface area contributed by atoms with Gasteiger partial charge in [-0.05, 0) is 37.2 Å². The van der Waals surface area contributed by atoms with Crippen LogP contribution in [0, 0.1) is 0 Å². The predicted molar refractivity (Wildman–Crippen MR) is 81.0 cm³/mol. The van der Waals surface area contributed by atoms with Crippen LogP contribution in [-0.4, -0.2) is 11.7 Å². The summed E-state index contributed by atoms with van der Waals surface area (Å²) in [5.41, 5.74) is 2.10. The second-order valence-electron chi connectivity index (χ2n) is 4.78. The second kappa shape index (κ2) is 6.96. The van der Waals surface area contributed by atoms with Gasteiger partial charge in [0, 0.05) is 11.6 Å². The standard InChI is InChI=1S/C17H21NO2/c1-3-18-13(2)16-9-4-5-10-17(16)20-12-14-7-6-8-15(19)11-14/h4-11,13,18-19H,3,12H2,1-2H3. The molecule has 0 fully saturated rings. The summed E-state index contributed by atoms with van der Waals surface area (Å²) in [4.78, 5) is 0. The third-order valence-electron chi connectivity index (χ3n) is 3.20. The van der Waals surface area contributed by atoms with E-state index < -0.39 is 0 Å². The molecule has 0 spiro atoms. The summed E-state index contributed by atoms with van der Waals surface area (Å²) in [5.74, 6) is 1.14. The Bertz CT molecular complexity index is 554. The van der Waals surface area contributed by atoms with E-state index in [0.29, 0.717) is 6.61 Å². The smallest absolute Gasteiger partial charge is 0.124 e. The van der Waals surface area contributed by atoms with Gasteiger partial charge in [0.05, 0.1) is 0 Å². The Balaban J connectivity index is 2.09. The van der Waals surface area contributed by atoms with Crippen molar-refractivity contribution < 1.29 is 9.84 Å². The van der Waals surface area contributed by atoms with E-state index in [1.165, 1.54) is 0 Å². The summed E-state index contributed by atoms with van der Waals surface area (Å²) in [6.45, 7) is 5.58. The van der Waals surface area contributed by atoms with E-state index >= 15 is 0 Å². The van der Waals surface area contributed by atoms with E-state index in [2.05, 4.69) is 25.2 Å². The number of aromatic hydroxyl groups is 1. The van der Waals surface area contributed by atoms with E-state index in [1.54, 1.807) is 12.1 Å². The van der Waals surface area contributed by atoms with Crippen LogP contribution in [0.5, 0.6) is 11.5 Å². The van der Waals surface area contributed by atoms with Crippen molar-refractivity contribution in [3.63, 3.8) is 0 Å². The number of benzene rings is 2. The maximum atomic E-state index is 9.46. The van der Waals surface area contributed by atoms with Crippen LogP contribution in [0.15, 0.2) is 48.5 Å². The van der Waals surface area contributed by atoms with Crippen molar-refractivity contribution in [1.82, 2.24) is 5.32 Å². The summed E-state index contributed by atoms with van der Waals surface area (Å²) in [6, 6.07) is 15.4. The number of nitrogens with one attached hydrogen (secondary N) is 1. The maximum absolute atomic E-state index is 9.46. The van der Waals surface area contributed by atoms with Crippen LogP contribution in [0.4, 0.5) is 0 Å². The zero-order chi connectivity index (χ0) is 14.4. The van der Waals surface area contributed by atoms with Crippen molar-refractivity contribution in [2.45, 2.75) is 26.5 Å². The molecule has 2 N–H and O–H groups in total. The number of phenolic OH excluding ortho intramolecular Hbond substituents is 1. The highest BCUT2D eigenvalue weighted by Gasteiger charge is 2.10. The maximum Gasteiger partial charge on any atom is 0.124 e. The normalized spacial score (nSPS) is 12.1. The first-order chi connectivity index (χ1) is 9.70. The Kier molecular flexibility index (Phi) is 5.02. The zero-order valence-corrected chi connectivity index (χ0v) is 12.0. The number of phenols is 1. The molecule has 0 amide bonds. The Morgan fingerprint density at radius 2 is 1.95 bits per heavy atom. The highest BCUT2D eigenvalue weighted by Crippen LogP contribution is 2.25. The fourth-order valence-electron chi connectivity index (χ4n) is 2.19. The molecule has 0 aliphatic carbocycles. The molecule has 0 bridgehead atoms.